The molecule has 28 heavy (non-hydrogen) atoms. The van der Waals surface area contributed by atoms with Crippen molar-refractivity contribution in [2.24, 2.45) is 23.2 Å². The second-order valence-electron chi connectivity index (χ2n) is 10.1. The van der Waals surface area contributed by atoms with Crippen LogP contribution in [0.3, 0.4) is 0 Å². The second kappa shape index (κ2) is 11.8. The summed E-state index contributed by atoms with van der Waals surface area (Å²) in [6, 6.07) is 0. The van der Waals surface area contributed by atoms with E-state index in [4.69, 9.17) is 0 Å². The van der Waals surface area contributed by atoms with Crippen molar-refractivity contribution in [3.63, 3.8) is 0 Å². The molecular formula is C25H45F3. The standard InChI is InChI=1S/C25H45F3/c1-3-5-7-8-9-11-21-12-14-22(15-13-21)23-16-19-24(20-17-23,25(26,27)28)18-10-6-4-2/h21-23H,3-20H2,1-2H3/t21?,22?,23-,24+. The molecule has 3 heteroatoms. The zero-order valence-electron chi connectivity index (χ0n) is 18.6. The number of alkyl halides is 3. The Hall–Kier alpha value is -0.210. The van der Waals surface area contributed by atoms with Gasteiger partial charge in [0.25, 0.3) is 0 Å². The number of hydrogen-bond acceptors (Lipinski definition) is 0. The van der Waals surface area contributed by atoms with E-state index in [-0.39, 0.29) is 0 Å². The van der Waals surface area contributed by atoms with Crippen LogP contribution in [0.15, 0.2) is 0 Å². The fourth-order valence-electron chi connectivity index (χ4n) is 6.04. The fraction of sp³-hybridized carbons (Fsp3) is 1.00. The Morgan fingerprint density at radius 1 is 0.679 bits per heavy atom. The molecule has 0 aliphatic heterocycles. The van der Waals surface area contributed by atoms with Crippen LogP contribution < -0.4 is 0 Å². The van der Waals surface area contributed by atoms with Gasteiger partial charge in [-0.15, -0.1) is 0 Å². The van der Waals surface area contributed by atoms with E-state index in [1.54, 1.807) is 0 Å². The minimum Gasteiger partial charge on any atom is -0.171 e. The van der Waals surface area contributed by atoms with E-state index in [1.807, 2.05) is 0 Å². The van der Waals surface area contributed by atoms with E-state index in [9.17, 15) is 13.2 Å². The Labute approximate surface area is 172 Å². The van der Waals surface area contributed by atoms with Gasteiger partial charge in [0, 0.05) is 0 Å². The molecule has 2 aliphatic carbocycles. The maximum atomic E-state index is 13.8. The molecule has 2 saturated carbocycles. The van der Waals surface area contributed by atoms with Crippen molar-refractivity contribution >= 4 is 0 Å². The molecular weight excluding hydrogens is 357 g/mol. The van der Waals surface area contributed by atoms with Crippen molar-refractivity contribution in [3.05, 3.63) is 0 Å². The second-order valence-corrected chi connectivity index (χ2v) is 10.1. The van der Waals surface area contributed by atoms with Crippen LogP contribution in [0.5, 0.6) is 0 Å². The highest BCUT2D eigenvalue weighted by Crippen LogP contribution is 2.55. The minimum atomic E-state index is -4.01. The summed E-state index contributed by atoms with van der Waals surface area (Å²) < 4.78 is 41.5. The van der Waals surface area contributed by atoms with Gasteiger partial charge in [0.2, 0.25) is 0 Å². The molecule has 0 spiro atoms. The lowest BCUT2D eigenvalue weighted by molar-refractivity contribution is -0.241. The lowest BCUT2D eigenvalue weighted by atomic mass is 9.62. The van der Waals surface area contributed by atoms with E-state index in [0.29, 0.717) is 31.1 Å². The zero-order chi connectivity index (χ0) is 20.5. The lowest BCUT2D eigenvalue weighted by Crippen LogP contribution is -2.42. The maximum Gasteiger partial charge on any atom is 0.394 e. The molecule has 0 aromatic carbocycles. The highest BCUT2D eigenvalue weighted by Gasteiger charge is 2.55. The highest BCUT2D eigenvalue weighted by molar-refractivity contribution is 4.93. The first-order valence-electron chi connectivity index (χ1n) is 12.5. The number of hydrogen-bond donors (Lipinski definition) is 0. The Bertz CT molecular complexity index is 399. The predicted octanol–water partition coefficient (Wildman–Crippen LogP) is 9.47. The molecule has 0 N–H and O–H groups in total. The van der Waals surface area contributed by atoms with Crippen LogP contribution >= 0.6 is 0 Å². The van der Waals surface area contributed by atoms with Crippen molar-refractivity contribution in [2.75, 3.05) is 0 Å². The van der Waals surface area contributed by atoms with Crippen LogP contribution in [-0.4, -0.2) is 6.18 Å². The van der Waals surface area contributed by atoms with Gasteiger partial charge in [-0.1, -0.05) is 84.5 Å². The molecule has 166 valence electrons. The summed E-state index contributed by atoms with van der Waals surface area (Å²) in [6.07, 6.45) is 14.9. The summed E-state index contributed by atoms with van der Waals surface area (Å²) in [4.78, 5) is 0. The van der Waals surface area contributed by atoms with Crippen LogP contribution in [0.2, 0.25) is 0 Å². The summed E-state index contributed by atoms with van der Waals surface area (Å²) in [5.41, 5.74) is -1.37. The third-order valence-corrected chi connectivity index (χ3v) is 8.12. The molecule has 2 aliphatic rings. The van der Waals surface area contributed by atoms with E-state index < -0.39 is 11.6 Å². The van der Waals surface area contributed by atoms with Gasteiger partial charge in [-0.25, -0.2) is 0 Å². The van der Waals surface area contributed by atoms with E-state index in [2.05, 4.69) is 13.8 Å². The Morgan fingerprint density at radius 3 is 1.79 bits per heavy atom. The van der Waals surface area contributed by atoms with Gasteiger partial charge in [0.1, 0.15) is 0 Å². The number of unbranched alkanes of at least 4 members (excludes halogenated alkanes) is 6. The SMILES string of the molecule is CCCCCCCC1CCC([C@H]2CC[C@@](CCCCC)(C(F)(F)F)CC2)CC1. The molecule has 0 saturated heterocycles. The summed E-state index contributed by atoms with van der Waals surface area (Å²) >= 11 is 0. The van der Waals surface area contributed by atoms with Crippen LogP contribution in [0.25, 0.3) is 0 Å². The van der Waals surface area contributed by atoms with E-state index in [1.165, 1.54) is 64.2 Å². The van der Waals surface area contributed by atoms with E-state index >= 15 is 0 Å². The molecule has 0 atom stereocenters. The lowest BCUT2D eigenvalue weighted by Gasteiger charge is -2.44. The average molecular weight is 403 g/mol. The smallest absolute Gasteiger partial charge is 0.171 e. The normalized spacial score (nSPS) is 31.8. The molecule has 0 nitrogen and oxygen atoms in total. The molecule has 2 fully saturated rings. The van der Waals surface area contributed by atoms with Crippen LogP contribution in [0.1, 0.15) is 129 Å². The Morgan fingerprint density at radius 2 is 1.21 bits per heavy atom. The van der Waals surface area contributed by atoms with Crippen molar-refractivity contribution < 1.29 is 13.2 Å². The molecule has 0 aromatic rings. The van der Waals surface area contributed by atoms with Gasteiger partial charge in [-0.05, 0) is 62.7 Å². The molecule has 0 heterocycles. The van der Waals surface area contributed by atoms with Gasteiger partial charge in [-0.2, -0.15) is 13.2 Å². The summed E-state index contributed by atoms with van der Waals surface area (Å²) in [5, 5.41) is 0. The Kier molecular flexibility index (Phi) is 10.2. The summed E-state index contributed by atoms with van der Waals surface area (Å²) in [6.45, 7) is 4.33. The molecule has 0 aromatic heterocycles. The average Bonchev–Trinajstić information content (AvgIpc) is 2.68. The van der Waals surface area contributed by atoms with Gasteiger partial charge in [0.05, 0.1) is 5.41 Å². The van der Waals surface area contributed by atoms with Crippen molar-refractivity contribution in [2.45, 2.75) is 136 Å². The molecule has 2 rings (SSSR count). The summed E-state index contributed by atoms with van der Waals surface area (Å²) in [7, 11) is 0. The van der Waals surface area contributed by atoms with Gasteiger partial charge < -0.3 is 0 Å². The maximum absolute atomic E-state index is 13.8. The van der Waals surface area contributed by atoms with Crippen LogP contribution in [0.4, 0.5) is 13.2 Å². The van der Waals surface area contributed by atoms with Gasteiger partial charge in [0.15, 0.2) is 0 Å². The minimum absolute atomic E-state index is 0.363. The van der Waals surface area contributed by atoms with Crippen molar-refractivity contribution in [3.8, 4) is 0 Å². The summed E-state index contributed by atoms with van der Waals surface area (Å²) in [5.74, 6) is 2.16. The third kappa shape index (κ3) is 6.94. The first-order valence-corrected chi connectivity index (χ1v) is 12.5. The fourth-order valence-corrected chi connectivity index (χ4v) is 6.04. The zero-order valence-corrected chi connectivity index (χ0v) is 18.6. The number of halogens is 3. The first kappa shape index (κ1) is 24.1. The largest absolute Gasteiger partial charge is 0.394 e. The molecule has 0 amide bonds. The Balaban J connectivity index is 1.72. The van der Waals surface area contributed by atoms with Crippen molar-refractivity contribution in [1.82, 2.24) is 0 Å². The van der Waals surface area contributed by atoms with Crippen LogP contribution in [0, 0.1) is 23.2 Å². The van der Waals surface area contributed by atoms with E-state index in [0.717, 1.165) is 38.0 Å². The predicted molar refractivity (Wildman–Crippen MR) is 113 cm³/mol. The monoisotopic (exact) mass is 402 g/mol. The molecule has 0 unspecified atom stereocenters. The molecule has 0 radical (unpaired) electrons. The van der Waals surface area contributed by atoms with Gasteiger partial charge >= 0.3 is 6.18 Å². The quantitative estimate of drug-likeness (QED) is 0.302. The van der Waals surface area contributed by atoms with Crippen LogP contribution in [-0.2, 0) is 0 Å². The molecule has 0 bridgehead atoms. The topological polar surface area (TPSA) is 0 Å². The highest BCUT2D eigenvalue weighted by atomic mass is 19.4. The number of rotatable bonds is 11. The third-order valence-electron chi connectivity index (χ3n) is 8.12. The first-order chi connectivity index (χ1) is 13.4. The van der Waals surface area contributed by atoms with Gasteiger partial charge in [-0.3, -0.25) is 0 Å². The van der Waals surface area contributed by atoms with Crippen molar-refractivity contribution in [1.29, 1.82) is 0 Å².